The largest absolute Gasteiger partial charge is 0.476 e. The molecule has 0 unspecified atom stereocenters. The number of hydrogen-bond acceptors (Lipinski definition) is 5. The molecule has 7 heteroatoms. The Labute approximate surface area is 140 Å². The fourth-order valence-corrected chi connectivity index (χ4v) is 2.40. The molecule has 1 aromatic rings. The van der Waals surface area contributed by atoms with E-state index in [9.17, 15) is 9.59 Å². The highest BCUT2D eigenvalue weighted by Gasteiger charge is 2.41. The van der Waals surface area contributed by atoms with Gasteiger partial charge < -0.3 is 14.2 Å². The summed E-state index contributed by atoms with van der Waals surface area (Å²) < 4.78 is 15.9. The first-order valence-electron chi connectivity index (χ1n) is 7.39. The van der Waals surface area contributed by atoms with Gasteiger partial charge in [0.15, 0.2) is 5.60 Å². The molecule has 0 saturated carbocycles. The van der Waals surface area contributed by atoms with E-state index in [0.717, 1.165) is 0 Å². The van der Waals surface area contributed by atoms with Gasteiger partial charge in [0.25, 0.3) is 5.91 Å². The minimum atomic E-state index is -1.06. The summed E-state index contributed by atoms with van der Waals surface area (Å²) in [7, 11) is 0. The second-order valence-corrected chi connectivity index (χ2v) is 5.97. The zero-order valence-corrected chi connectivity index (χ0v) is 14.2. The van der Waals surface area contributed by atoms with Crippen molar-refractivity contribution in [2.45, 2.75) is 26.4 Å². The van der Waals surface area contributed by atoms with Crippen LogP contribution in [0.3, 0.4) is 0 Å². The summed E-state index contributed by atoms with van der Waals surface area (Å²) in [4.78, 5) is 25.9. The lowest BCUT2D eigenvalue weighted by Crippen LogP contribution is -2.54. The fourth-order valence-electron chi connectivity index (χ4n) is 2.23. The number of carbonyl (C=O) groups is 2. The molecule has 0 atom stereocenters. The summed E-state index contributed by atoms with van der Waals surface area (Å²) in [6.45, 7) is 5.99. The van der Waals surface area contributed by atoms with Crippen LogP contribution in [0.5, 0.6) is 5.75 Å². The number of ether oxygens (including phenoxy) is 3. The van der Waals surface area contributed by atoms with E-state index in [1.165, 1.54) is 4.90 Å². The van der Waals surface area contributed by atoms with Gasteiger partial charge in [0.2, 0.25) is 0 Å². The van der Waals surface area contributed by atoms with Crippen molar-refractivity contribution < 1.29 is 23.8 Å². The molecule has 0 fully saturated rings. The van der Waals surface area contributed by atoms with E-state index >= 15 is 0 Å². The van der Waals surface area contributed by atoms with Gasteiger partial charge in [-0.1, -0.05) is 11.6 Å². The third kappa shape index (κ3) is 4.14. The highest BCUT2D eigenvalue weighted by Crippen LogP contribution is 2.39. The van der Waals surface area contributed by atoms with Gasteiger partial charge in [-0.15, -0.1) is 0 Å². The number of nitrogens with zero attached hydrogens (tertiary/aromatic N) is 1. The van der Waals surface area contributed by atoms with Gasteiger partial charge in [-0.05, 0) is 39.0 Å². The van der Waals surface area contributed by atoms with E-state index in [4.69, 9.17) is 25.8 Å². The lowest BCUT2D eigenvalue weighted by Gasteiger charge is -2.38. The van der Waals surface area contributed by atoms with Gasteiger partial charge >= 0.3 is 5.97 Å². The average Bonchev–Trinajstić information content (AvgIpc) is 2.49. The number of anilines is 1. The molecule has 6 nitrogen and oxygen atoms in total. The third-order valence-corrected chi connectivity index (χ3v) is 3.55. The predicted octanol–water partition coefficient (Wildman–Crippen LogP) is 2.42. The second-order valence-electron chi connectivity index (χ2n) is 5.53. The molecule has 0 bridgehead atoms. The quantitative estimate of drug-likeness (QED) is 0.587. The smallest absolute Gasteiger partial charge is 0.326 e. The van der Waals surface area contributed by atoms with Crippen LogP contribution >= 0.6 is 11.6 Å². The molecule has 0 radical (unpaired) electrons. The topological polar surface area (TPSA) is 65.1 Å². The van der Waals surface area contributed by atoms with E-state index < -0.39 is 11.6 Å². The molecule has 2 rings (SSSR count). The Balaban J connectivity index is 2.14. The van der Waals surface area contributed by atoms with Gasteiger partial charge in [-0.25, -0.2) is 0 Å². The van der Waals surface area contributed by atoms with Gasteiger partial charge in [0.1, 0.15) is 18.9 Å². The van der Waals surface area contributed by atoms with Crippen molar-refractivity contribution in [2.24, 2.45) is 0 Å². The molecule has 1 heterocycles. The van der Waals surface area contributed by atoms with Crippen LogP contribution < -0.4 is 9.64 Å². The first kappa shape index (κ1) is 17.6. The number of esters is 1. The summed E-state index contributed by atoms with van der Waals surface area (Å²) in [6, 6.07) is 4.95. The Morgan fingerprint density at radius 2 is 2.09 bits per heavy atom. The first-order chi connectivity index (χ1) is 10.8. The lowest BCUT2D eigenvalue weighted by molar-refractivity contribution is -0.145. The van der Waals surface area contributed by atoms with E-state index in [0.29, 0.717) is 29.7 Å². The Morgan fingerprint density at radius 3 is 2.78 bits per heavy atom. The van der Waals surface area contributed by atoms with Crippen molar-refractivity contribution in [3.05, 3.63) is 23.2 Å². The van der Waals surface area contributed by atoms with Gasteiger partial charge in [-0.3, -0.25) is 14.5 Å². The number of hydrogen-bond donors (Lipinski definition) is 0. The van der Waals surface area contributed by atoms with Crippen LogP contribution in [-0.2, 0) is 19.1 Å². The maximum atomic E-state index is 12.6. The van der Waals surface area contributed by atoms with Crippen molar-refractivity contribution in [3.63, 3.8) is 0 Å². The monoisotopic (exact) mass is 341 g/mol. The molecule has 23 heavy (non-hydrogen) atoms. The molecule has 0 spiro atoms. The molecular weight excluding hydrogens is 322 g/mol. The van der Waals surface area contributed by atoms with E-state index in [2.05, 4.69) is 0 Å². The molecule has 1 aliphatic heterocycles. The zero-order valence-electron chi connectivity index (χ0n) is 13.4. The molecule has 0 aromatic heterocycles. The molecule has 1 aromatic carbocycles. The van der Waals surface area contributed by atoms with E-state index in [-0.39, 0.29) is 19.1 Å². The van der Waals surface area contributed by atoms with Gasteiger partial charge in [-0.2, -0.15) is 0 Å². The Morgan fingerprint density at radius 1 is 1.35 bits per heavy atom. The van der Waals surface area contributed by atoms with Crippen molar-refractivity contribution in [3.8, 4) is 5.75 Å². The highest BCUT2D eigenvalue weighted by atomic mass is 35.5. The summed E-state index contributed by atoms with van der Waals surface area (Å²) in [5.41, 5.74) is -0.601. The molecular formula is C16H20ClNO5. The van der Waals surface area contributed by atoms with Crippen LogP contribution in [0.2, 0.25) is 5.02 Å². The number of halogens is 1. The first-order valence-corrected chi connectivity index (χ1v) is 7.77. The number of carbonyl (C=O) groups excluding carboxylic acids is 2. The van der Waals surface area contributed by atoms with Crippen LogP contribution in [0.25, 0.3) is 0 Å². The van der Waals surface area contributed by atoms with Crippen molar-refractivity contribution in [2.75, 3.05) is 31.3 Å². The molecule has 0 saturated heterocycles. The number of fused-ring (bicyclic) bond motifs is 1. The van der Waals surface area contributed by atoms with Gasteiger partial charge in [0.05, 0.1) is 12.3 Å². The molecule has 0 N–H and O–H groups in total. The van der Waals surface area contributed by atoms with Crippen molar-refractivity contribution in [1.82, 2.24) is 0 Å². The Hall–Kier alpha value is -1.79. The summed E-state index contributed by atoms with van der Waals surface area (Å²) >= 11 is 5.99. The van der Waals surface area contributed by atoms with Crippen LogP contribution in [0, 0.1) is 0 Å². The second kappa shape index (κ2) is 7.19. The standard InChI is InChI=1S/C16H20ClNO5/c1-4-21-7-8-22-14(19)10-18-12-9-11(17)5-6-13(12)23-16(2,3)15(18)20/h5-6,9H,4,7-8,10H2,1-3H3. The van der Waals surface area contributed by atoms with E-state index in [1.54, 1.807) is 32.0 Å². The minimum Gasteiger partial charge on any atom is -0.476 e. The van der Waals surface area contributed by atoms with E-state index in [1.807, 2.05) is 6.92 Å². The predicted molar refractivity (Wildman–Crippen MR) is 86.0 cm³/mol. The molecule has 126 valence electrons. The fraction of sp³-hybridized carbons (Fsp3) is 0.500. The van der Waals surface area contributed by atoms with Crippen LogP contribution in [-0.4, -0.2) is 43.8 Å². The summed E-state index contributed by atoms with van der Waals surface area (Å²) in [5, 5.41) is 0.453. The SMILES string of the molecule is CCOCCOC(=O)CN1C(=O)C(C)(C)Oc2ccc(Cl)cc21. The summed E-state index contributed by atoms with van der Waals surface area (Å²) in [5.74, 6) is -0.336. The summed E-state index contributed by atoms with van der Waals surface area (Å²) in [6.07, 6.45) is 0. The number of rotatable bonds is 6. The maximum absolute atomic E-state index is 12.6. The number of amides is 1. The maximum Gasteiger partial charge on any atom is 0.326 e. The van der Waals surface area contributed by atoms with Crippen LogP contribution in [0.4, 0.5) is 5.69 Å². The van der Waals surface area contributed by atoms with Crippen molar-refractivity contribution in [1.29, 1.82) is 0 Å². The Kier molecular flexibility index (Phi) is 5.49. The third-order valence-electron chi connectivity index (χ3n) is 3.32. The van der Waals surface area contributed by atoms with Crippen LogP contribution in [0.1, 0.15) is 20.8 Å². The van der Waals surface area contributed by atoms with Crippen LogP contribution in [0.15, 0.2) is 18.2 Å². The zero-order chi connectivity index (χ0) is 17.0. The lowest BCUT2D eigenvalue weighted by atomic mass is 10.0. The molecule has 1 amide bonds. The normalized spacial score (nSPS) is 15.8. The van der Waals surface area contributed by atoms with Gasteiger partial charge in [0, 0.05) is 11.6 Å². The molecule has 1 aliphatic rings. The minimum absolute atomic E-state index is 0.150. The number of benzene rings is 1. The molecule has 0 aliphatic carbocycles. The Bertz CT molecular complexity index is 602. The van der Waals surface area contributed by atoms with Crippen molar-refractivity contribution >= 4 is 29.2 Å². The highest BCUT2D eigenvalue weighted by molar-refractivity contribution is 6.31. The average molecular weight is 342 g/mol.